The van der Waals surface area contributed by atoms with Crippen LogP contribution in [0.15, 0.2) is 41.2 Å². The number of aromatic nitrogens is 2. The Labute approximate surface area is 158 Å². The highest BCUT2D eigenvalue weighted by molar-refractivity contribution is 5.80. The lowest BCUT2D eigenvalue weighted by Crippen LogP contribution is -2.45. The summed E-state index contributed by atoms with van der Waals surface area (Å²) in [5.41, 5.74) is 1.90. The third-order valence-electron chi connectivity index (χ3n) is 5.59. The number of amides is 1. The summed E-state index contributed by atoms with van der Waals surface area (Å²) in [4.78, 5) is 26.8. The number of fused-ring (bicyclic) bond motifs is 1. The van der Waals surface area contributed by atoms with E-state index >= 15 is 0 Å². The number of benzene rings is 1. The van der Waals surface area contributed by atoms with Crippen LogP contribution in [0.3, 0.4) is 0 Å². The zero-order valence-corrected chi connectivity index (χ0v) is 15.6. The van der Waals surface area contributed by atoms with Crippen LogP contribution >= 0.6 is 0 Å². The minimum Gasteiger partial charge on any atom is -0.492 e. The summed E-state index contributed by atoms with van der Waals surface area (Å²) in [6.45, 7) is 4.45. The van der Waals surface area contributed by atoms with E-state index in [0.717, 1.165) is 49.4 Å². The monoisotopic (exact) mass is 367 g/mol. The van der Waals surface area contributed by atoms with E-state index in [0.29, 0.717) is 19.1 Å². The first-order chi connectivity index (χ1) is 13.1. The Kier molecular flexibility index (Phi) is 4.97. The van der Waals surface area contributed by atoms with Crippen molar-refractivity contribution < 1.29 is 9.53 Å². The molecule has 0 saturated carbocycles. The molecule has 0 bridgehead atoms. The normalized spacial score (nSPS) is 20.0. The molecule has 3 heterocycles. The molecule has 1 fully saturated rings. The Hall–Kier alpha value is -2.63. The maximum absolute atomic E-state index is 12.9. The average molecular weight is 367 g/mol. The van der Waals surface area contributed by atoms with E-state index in [4.69, 9.17) is 4.74 Å². The summed E-state index contributed by atoms with van der Waals surface area (Å²) in [5.74, 6) is 1.37. The van der Waals surface area contributed by atoms with E-state index < -0.39 is 0 Å². The third kappa shape index (κ3) is 3.89. The summed E-state index contributed by atoms with van der Waals surface area (Å²) in [6, 6.07) is 11.3. The molecule has 0 spiro atoms. The lowest BCUT2D eigenvalue weighted by Gasteiger charge is -2.35. The van der Waals surface area contributed by atoms with Crippen molar-refractivity contribution >= 4 is 5.91 Å². The van der Waals surface area contributed by atoms with Gasteiger partial charge in [0.1, 0.15) is 12.4 Å². The molecule has 0 N–H and O–H groups in total. The number of hydrogen-bond acceptors (Lipinski definition) is 4. The summed E-state index contributed by atoms with van der Waals surface area (Å²) >= 11 is 0. The average Bonchev–Trinajstić information content (AvgIpc) is 2.70. The van der Waals surface area contributed by atoms with Gasteiger partial charge < -0.3 is 9.64 Å². The molecule has 2 aromatic rings. The van der Waals surface area contributed by atoms with Gasteiger partial charge in [0.25, 0.3) is 5.56 Å². The van der Waals surface area contributed by atoms with E-state index in [9.17, 15) is 9.59 Å². The topological polar surface area (TPSA) is 64.4 Å². The molecule has 1 saturated heterocycles. The van der Waals surface area contributed by atoms with Crippen molar-refractivity contribution in [1.29, 1.82) is 0 Å². The van der Waals surface area contributed by atoms with Crippen LogP contribution < -0.4 is 10.3 Å². The van der Waals surface area contributed by atoms with E-state index in [1.165, 1.54) is 0 Å². The predicted molar refractivity (Wildman–Crippen MR) is 102 cm³/mol. The Bertz CT molecular complexity index is 884. The molecular formula is C21H25N3O3. The van der Waals surface area contributed by atoms with Gasteiger partial charge in [-0.05, 0) is 49.8 Å². The molecule has 6 nitrogen and oxygen atoms in total. The third-order valence-corrected chi connectivity index (χ3v) is 5.59. The molecule has 0 aliphatic carbocycles. The fourth-order valence-electron chi connectivity index (χ4n) is 4.01. The smallest absolute Gasteiger partial charge is 0.266 e. The van der Waals surface area contributed by atoms with Crippen molar-refractivity contribution in [2.24, 2.45) is 11.8 Å². The van der Waals surface area contributed by atoms with Crippen LogP contribution in [0.5, 0.6) is 5.75 Å². The number of likely N-dealkylation sites (tertiary alicyclic amines) is 1. The molecular weight excluding hydrogens is 342 g/mol. The SMILES string of the molecule is Cc1ccc(=O)n(CC2CCN(C(=O)C3COc4ccccc4C3)CC2)n1. The van der Waals surface area contributed by atoms with Crippen LogP contribution in [0.1, 0.15) is 24.1 Å². The first kappa shape index (κ1) is 17.8. The van der Waals surface area contributed by atoms with Crippen molar-refractivity contribution in [2.45, 2.75) is 32.7 Å². The van der Waals surface area contributed by atoms with Gasteiger partial charge in [0, 0.05) is 25.7 Å². The number of carbonyl (C=O) groups is 1. The Morgan fingerprint density at radius 1 is 1.19 bits per heavy atom. The van der Waals surface area contributed by atoms with Crippen molar-refractivity contribution in [3.05, 3.63) is 58.0 Å². The molecule has 4 rings (SSSR count). The van der Waals surface area contributed by atoms with E-state index in [2.05, 4.69) is 5.10 Å². The number of piperidine rings is 1. The maximum atomic E-state index is 12.9. The fraction of sp³-hybridized carbons (Fsp3) is 0.476. The number of ether oxygens (including phenoxy) is 1. The fourth-order valence-corrected chi connectivity index (χ4v) is 4.01. The van der Waals surface area contributed by atoms with Gasteiger partial charge in [0.2, 0.25) is 5.91 Å². The highest BCUT2D eigenvalue weighted by atomic mass is 16.5. The second-order valence-corrected chi connectivity index (χ2v) is 7.58. The second kappa shape index (κ2) is 7.55. The minimum absolute atomic E-state index is 0.0582. The van der Waals surface area contributed by atoms with Crippen LogP contribution in [0.2, 0.25) is 0 Å². The Balaban J connectivity index is 1.33. The molecule has 1 atom stereocenters. The van der Waals surface area contributed by atoms with Gasteiger partial charge in [-0.3, -0.25) is 9.59 Å². The van der Waals surface area contributed by atoms with E-state index in [1.807, 2.05) is 36.1 Å². The number of carbonyl (C=O) groups excluding carboxylic acids is 1. The van der Waals surface area contributed by atoms with Crippen molar-refractivity contribution in [2.75, 3.05) is 19.7 Å². The molecule has 1 amide bonds. The standard InChI is InChI=1S/C21H25N3O3/c1-15-6-7-20(25)24(22-15)13-16-8-10-23(11-9-16)21(26)18-12-17-4-2-3-5-19(17)27-14-18/h2-7,16,18H,8-14H2,1H3. The molecule has 2 aliphatic heterocycles. The molecule has 0 radical (unpaired) electrons. The quantitative estimate of drug-likeness (QED) is 0.833. The van der Waals surface area contributed by atoms with Crippen LogP contribution in [0.25, 0.3) is 0 Å². The first-order valence-electron chi connectivity index (χ1n) is 9.64. The minimum atomic E-state index is -0.0995. The van der Waals surface area contributed by atoms with Crippen molar-refractivity contribution in [3.63, 3.8) is 0 Å². The molecule has 1 unspecified atom stereocenters. The summed E-state index contributed by atoms with van der Waals surface area (Å²) < 4.78 is 7.34. The van der Waals surface area contributed by atoms with E-state index in [-0.39, 0.29) is 17.4 Å². The first-order valence-corrected chi connectivity index (χ1v) is 9.64. The van der Waals surface area contributed by atoms with Crippen LogP contribution in [0, 0.1) is 18.8 Å². The molecule has 142 valence electrons. The number of aryl methyl sites for hydroxylation is 1. The Morgan fingerprint density at radius 3 is 2.78 bits per heavy atom. The lowest BCUT2D eigenvalue weighted by atomic mass is 9.92. The maximum Gasteiger partial charge on any atom is 0.266 e. The van der Waals surface area contributed by atoms with E-state index in [1.54, 1.807) is 16.8 Å². The number of para-hydroxylation sites is 1. The summed E-state index contributed by atoms with van der Waals surface area (Å²) in [5, 5.41) is 4.32. The summed E-state index contributed by atoms with van der Waals surface area (Å²) in [6.07, 6.45) is 2.55. The largest absolute Gasteiger partial charge is 0.492 e. The van der Waals surface area contributed by atoms with Gasteiger partial charge in [-0.1, -0.05) is 18.2 Å². The van der Waals surface area contributed by atoms with Crippen LogP contribution in [-0.2, 0) is 17.8 Å². The van der Waals surface area contributed by atoms with Crippen LogP contribution in [-0.4, -0.2) is 40.3 Å². The molecule has 2 aliphatic rings. The predicted octanol–water partition coefficient (Wildman–Crippen LogP) is 2.04. The van der Waals surface area contributed by atoms with Gasteiger partial charge in [-0.2, -0.15) is 5.10 Å². The highest BCUT2D eigenvalue weighted by Crippen LogP contribution is 2.29. The van der Waals surface area contributed by atoms with Gasteiger partial charge in [-0.15, -0.1) is 0 Å². The van der Waals surface area contributed by atoms with Gasteiger partial charge in [-0.25, -0.2) is 4.68 Å². The molecule has 1 aromatic heterocycles. The zero-order chi connectivity index (χ0) is 18.8. The molecule has 6 heteroatoms. The van der Waals surface area contributed by atoms with Crippen molar-refractivity contribution in [3.8, 4) is 5.75 Å². The lowest BCUT2D eigenvalue weighted by molar-refractivity contribution is -0.138. The van der Waals surface area contributed by atoms with Gasteiger partial charge in [0.15, 0.2) is 0 Å². The highest BCUT2D eigenvalue weighted by Gasteiger charge is 2.31. The zero-order valence-electron chi connectivity index (χ0n) is 15.6. The van der Waals surface area contributed by atoms with Crippen LogP contribution in [0.4, 0.5) is 0 Å². The molecule has 27 heavy (non-hydrogen) atoms. The van der Waals surface area contributed by atoms with Gasteiger partial charge in [0.05, 0.1) is 11.6 Å². The van der Waals surface area contributed by atoms with Gasteiger partial charge >= 0.3 is 0 Å². The summed E-state index contributed by atoms with van der Waals surface area (Å²) in [7, 11) is 0. The van der Waals surface area contributed by atoms with Crippen molar-refractivity contribution in [1.82, 2.24) is 14.7 Å². The number of nitrogens with zero attached hydrogens (tertiary/aromatic N) is 3. The second-order valence-electron chi connectivity index (χ2n) is 7.58. The number of hydrogen-bond donors (Lipinski definition) is 0. The number of rotatable bonds is 3. The Morgan fingerprint density at radius 2 is 1.96 bits per heavy atom. The molecule has 1 aromatic carbocycles.